The van der Waals surface area contributed by atoms with Crippen LogP contribution in [0.5, 0.6) is 0 Å². The Morgan fingerprint density at radius 2 is 1.79 bits per heavy atom. The molecule has 4 rings (SSSR count). The van der Waals surface area contributed by atoms with Crippen molar-refractivity contribution in [1.29, 1.82) is 0 Å². The molecule has 0 aliphatic carbocycles. The molecule has 0 radical (unpaired) electrons. The van der Waals surface area contributed by atoms with Crippen molar-refractivity contribution in [3.05, 3.63) is 41.3 Å². The first-order valence-corrected chi connectivity index (χ1v) is 13.2. The van der Waals surface area contributed by atoms with Crippen LogP contribution in [0.2, 0.25) is 0 Å². The highest BCUT2D eigenvalue weighted by atomic mass is 16.4. The molecular formula is C28H42N4O2. The lowest BCUT2D eigenvalue weighted by atomic mass is 9.95. The molecule has 186 valence electrons. The average Bonchev–Trinajstić information content (AvgIpc) is 3.18. The molecule has 0 saturated carbocycles. The first-order valence-electron chi connectivity index (χ1n) is 13.2. The maximum Gasteiger partial charge on any atom is 0.226 e. The van der Waals surface area contributed by atoms with Crippen LogP contribution in [0, 0.1) is 19.8 Å². The molecule has 2 fully saturated rings. The van der Waals surface area contributed by atoms with Gasteiger partial charge in [-0.25, -0.2) is 4.98 Å². The Bertz CT molecular complexity index is 938. The molecular weight excluding hydrogens is 424 g/mol. The monoisotopic (exact) mass is 466 g/mol. The van der Waals surface area contributed by atoms with E-state index in [4.69, 9.17) is 9.40 Å². The minimum Gasteiger partial charge on any atom is -0.441 e. The molecule has 1 aromatic heterocycles. The van der Waals surface area contributed by atoms with Gasteiger partial charge in [0.2, 0.25) is 11.8 Å². The van der Waals surface area contributed by atoms with E-state index < -0.39 is 0 Å². The van der Waals surface area contributed by atoms with Crippen LogP contribution >= 0.6 is 0 Å². The molecule has 1 amide bonds. The number of aromatic nitrogens is 1. The number of carbonyl (C=O) groups is 1. The van der Waals surface area contributed by atoms with E-state index in [1.54, 1.807) is 0 Å². The normalized spacial score (nSPS) is 22.7. The SMILES string of the molecule is Cc1ccccc1-c1nc(CN2CCC(C(=O)NCCCN3[C@H](C)CCC[C@@H]3C)CC2)c(C)o1. The van der Waals surface area contributed by atoms with E-state index in [0.717, 1.165) is 69.0 Å². The van der Waals surface area contributed by atoms with E-state index in [-0.39, 0.29) is 11.8 Å². The van der Waals surface area contributed by atoms with Gasteiger partial charge in [0.1, 0.15) is 5.76 Å². The highest BCUT2D eigenvalue weighted by molar-refractivity contribution is 5.78. The van der Waals surface area contributed by atoms with Crippen LogP contribution in [0.4, 0.5) is 0 Å². The van der Waals surface area contributed by atoms with Crippen molar-refractivity contribution in [2.24, 2.45) is 5.92 Å². The van der Waals surface area contributed by atoms with Crippen molar-refractivity contribution in [1.82, 2.24) is 20.1 Å². The second-order valence-corrected chi connectivity index (χ2v) is 10.4. The molecule has 1 aromatic carbocycles. The number of piperidine rings is 2. The second-order valence-electron chi connectivity index (χ2n) is 10.4. The van der Waals surface area contributed by atoms with Gasteiger partial charge in [0.15, 0.2) is 0 Å². The summed E-state index contributed by atoms with van der Waals surface area (Å²) in [4.78, 5) is 22.5. The molecule has 34 heavy (non-hydrogen) atoms. The van der Waals surface area contributed by atoms with Crippen LogP contribution in [0.25, 0.3) is 11.5 Å². The summed E-state index contributed by atoms with van der Waals surface area (Å²) in [5.41, 5.74) is 3.22. The number of nitrogens with one attached hydrogen (secondary N) is 1. The van der Waals surface area contributed by atoms with Crippen molar-refractivity contribution in [3.8, 4) is 11.5 Å². The summed E-state index contributed by atoms with van der Waals surface area (Å²) in [5.74, 6) is 1.95. The summed E-state index contributed by atoms with van der Waals surface area (Å²) in [7, 11) is 0. The molecule has 6 nitrogen and oxygen atoms in total. The third kappa shape index (κ3) is 6.08. The minimum absolute atomic E-state index is 0.130. The van der Waals surface area contributed by atoms with Gasteiger partial charge < -0.3 is 9.73 Å². The molecule has 0 bridgehead atoms. The van der Waals surface area contributed by atoms with Crippen molar-refractivity contribution in [3.63, 3.8) is 0 Å². The summed E-state index contributed by atoms with van der Waals surface area (Å²) in [6.45, 7) is 13.3. The standard InChI is InChI=1S/C28H42N4O2/c1-20-9-5-6-12-25(20)28-30-26(23(4)34-28)19-31-17-13-24(14-18-31)27(33)29-15-8-16-32-21(2)10-7-11-22(32)3/h5-6,9,12,21-22,24H,7-8,10-11,13-19H2,1-4H3,(H,29,33)/t21-,22+. The Morgan fingerprint density at radius 1 is 1.09 bits per heavy atom. The number of rotatable bonds is 8. The third-order valence-corrected chi connectivity index (χ3v) is 7.87. The number of nitrogens with zero attached hydrogens (tertiary/aromatic N) is 3. The largest absolute Gasteiger partial charge is 0.441 e. The number of carbonyl (C=O) groups excluding carboxylic acids is 1. The Hall–Kier alpha value is -2.18. The van der Waals surface area contributed by atoms with Crippen molar-refractivity contribution < 1.29 is 9.21 Å². The number of hydrogen-bond acceptors (Lipinski definition) is 5. The summed E-state index contributed by atoms with van der Waals surface area (Å²) >= 11 is 0. The van der Waals surface area contributed by atoms with Gasteiger partial charge >= 0.3 is 0 Å². The van der Waals surface area contributed by atoms with E-state index in [2.05, 4.69) is 48.0 Å². The van der Waals surface area contributed by atoms with E-state index >= 15 is 0 Å². The number of likely N-dealkylation sites (tertiary alicyclic amines) is 2. The van der Waals surface area contributed by atoms with Gasteiger partial charge in [-0.15, -0.1) is 0 Å². The van der Waals surface area contributed by atoms with E-state index in [1.165, 1.54) is 24.8 Å². The topological polar surface area (TPSA) is 61.6 Å². The van der Waals surface area contributed by atoms with Crippen LogP contribution in [0.1, 0.15) is 69.4 Å². The molecule has 2 atom stereocenters. The van der Waals surface area contributed by atoms with Crippen molar-refractivity contribution >= 4 is 5.91 Å². The second kappa shape index (κ2) is 11.5. The molecule has 2 aromatic rings. The molecule has 0 spiro atoms. The van der Waals surface area contributed by atoms with Crippen molar-refractivity contribution in [2.75, 3.05) is 26.2 Å². The zero-order valence-corrected chi connectivity index (χ0v) is 21.5. The molecule has 6 heteroatoms. The number of aryl methyl sites for hydroxylation is 2. The molecule has 0 unspecified atom stereocenters. The highest BCUT2D eigenvalue weighted by Crippen LogP contribution is 2.27. The van der Waals surface area contributed by atoms with Crippen LogP contribution in [-0.4, -0.2) is 59.0 Å². The molecule has 2 aliphatic rings. The fourth-order valence-electron chi connectivity index (χ4n) is 5.60. The first-order chi connectivity index (χ1) is 16.4. The zero-order valence-electron chi connectivity index (χ0n) is 21.5. The van der Waals surface area contributed by atoms with Crippen LogP contribution in [0.3, 0.4) is 0 Å². The molecule has 2 aliphatic heterocycles. The Labute approximate surface area is 205 Å². The first kappa shape index (κ1) is 24.9. The van der Waals surface area contributed by atoms with Crippen molar-refractivity contribution in [2.45, 2.75) is 84.8 Å². The van der Waals surface area contributed by atoms with Gasteiger partial charge in [0.25, 0.3) is 0 Å². The molecule has 1 N–H and O–H groups in total. The van der Waals surface area contributed by atoms with Gasteiger partial charge in [0, 0.05) is 43.2 Å². The van der Waals surface area contributed by atoms with E-state index in [9.17, 15) is 4.79 Å². The van der Waals surface area contributed by atoms with Gasteiger partial charge in [-0.2, -0.15) is 0 Å². The number of benzene rings is 1. The predicted molar refractivity (Wildman–Crippen MR) is 137 cm³/mol. The maximum atomic E-state index is 12.7. The van der Waals surface area contributed by atoms with Crippen LogP contribution < -0.4 is 5.32 Å². The highest BCUT2D eigenvalue weighted by Gasteiger charge is 2.27. The van der Waals surface area contributed by atoms with Gasteiger partial charge in [-0.05, 0) is 84.5 Å². The van der Waals surface area contributed by atoms with Gasteiger partial charge in [-0.1, -0.05) is 24.6 Å². The van der Waals surface area contributed by atoms with Gasteiger partial charge in [-0.3, -0.25) is 14.6 Å². The summed E-state index contributed by atoms with van der Waals surface area (Å²) in [6.07, 6.45) is 6.81. The quantitative estimate of drug-likeness (QED) is 0.559. The van der Waals surface area contributed by atoms with Crippen LogP contribution in [0.15, 0.2) is 28.7 Å². The van der Waals surface area contributed by atoms with E-state index in [1.807, 2.05) is 19.1 Å². The van der Waals surface area contributed by atoms with Gasteiger partial charge in [0.05, 0.1) is 5.69 Å². The molecule has 2 saturated heterocycles. The predicted octanol–water partition coefficient (Wildman–Crippen LogP) is 4.94. The molecule has 3 heterocycles. The fraction of sp³-hybridized carbons (Fsp3) is 0.643. The minimum atomic E-state index is 0.130. The lowest BCUT2D eigenvalue weighted by Crippen LogP contribution is -2.45. The Balaban J connectivity index is 1.19. The van der Waals surface area contributed by atoms with Crippen LogP contribution in [-0.2, 0) is 11.3 Å². The summed E-state index contributed by atoms with van der Waals surface area (Å²) in [5, 5.41) is 3.21. The lowest BCUT2D eigenvalue weighted by molar-refractivity contribution is -0.126. The maximum absolute atomic E-state index is 12.7. The number of amides is 1. The Kier molecular flexibility index (Phi) is 8.43. The van der Waals surface area contributed by atoms with E-state index in [0.29, 0.717) is 18.0 Å². The number of hydrogen-bond donors (Lipinski definition) is 1. The average molecular weight is 467 g/mol. The lowest BCUT2D eigenvalue weighted by Gasteiger charge is -2.39. The zero-order chi connectivity index (χ0) is 24.1. The summed E-state index contributed by atoms with van der Waals surface area (Å²) < 4.78 is 5.99. The Morgan fingerprint density at radius 3 is 2.50 bits per heavy atom. The smallest absolute Gasteiger partial charge is 0.226 e. The fourth-order valence-corrected chi connectivity index (χ4v) is 5.60. The third-order valence-electron chi connectivity index (χ3n) is 7.87. The summed E-state index contributed by atoms with van der Waals surface area (Å²) in [6, 6.07) is 9.54. The number of oxazole rings is 1.